The molecule has 0 bridgehead atoms. The third kappa shape index (κ3) is 3.68. The first-order valence-electron chi connectivity index (χ1n) is 5.35. The largest absolute Gasteiger partial charge is 0.486 e. The molecule has 0 amide bonds. The fourth-order valence-electron chi connectivity index (χ4n) is 1.39. The summed E-state index contributed by atoms with van der Waals surface area (Å²) in [7, 11) is 1.90. The van der Waals surface area contributed by atoms with E-state index >= 15 is 0 Å². The summed E-state index contributed by atoms with van der Waals surface area (Å²) < 4.78 is 6.58. The molecule has 1 aromatic carbocycles. The van der Waals surface area contributed by atoms with Gasteiger partial charge in [0.25, 0.3) is 0 Å². The summed E-state index contributed by atoms with van der Waals surface area (Å²) in [6.45, 7) is 1.21. The first-order chi connectivity index (χ1) is 8.69. The van der Waals surface area contributed by atoms with E-state index in [4.69, 9.17) is 16.3 Å². The van der Waals surface area contributed by atoms with Crippen molar-refractivity contribution in [2.45, 2.75) is 13.2 Å². The summed E-state index contributed by atoms with van der Waals surface area (Å²) in [4.78, 5) is 4.44. The molecule has 3 nitrogen and oxygen atoms in total. The monoisotopic (exact) mass is 346 g/mol. The summed E-state index contributed by atoms with van der Waals surface area (Å²) in [6, 6.07) is 5.55. The lowest BCUT2D eigenvalue weighted by atomic mass is 10.3. The van der Waals surface area contributed by atoms with Crippen LogP contribution in [0.25, 0.3) is 0 Å². The molecule has 0 atom stereocenters. The van der Waals surface area contributed by atoms with E-state index in [9.17, 15) is 0 Å². The summed E-state index contributed by atoms with van der Waals surface area (Å²) in [5, 5.41) is 6.71. The van der Waals surface area contributed by atoms with Crippen LogP contribution in [-0.4, -0.2) is 12.0 Å². The van der Waals surface area contributed by atoms with Crippen molar-refractivity contribution in [2.24, 2.45) is 0 Å². The predicted molar refractivity (Wildman–Crippen MR) is 78.4 cm³/mol. The lowest BCUT2D eigenvalue weighted by Gasteiger charge is -2.06. The van der Waals surface area contributed by atoms with Gasteiger partial charge >= 0.3 is 0 Å². The second-order valence-corrected chi connectivity index (χ2v) is 5.89. The van der Waals surface area contributed by atoms with Crippen LogP contribution in [0, 0.1) is 0 Å². The van der Waals surface area contributed by atoms with E-state index in [0.717, 1.165) is 21.7 Å². The minimum absolute atomic E-state index is 0.432. The normalized spacial score (nSPS) is 10.6. The van der Waals surface area contributed by atoms with E-state index in [1.54, 1.807) is 11.3 Å². The van der Waals surface area contributed by atoms with E-state index in [1.807, 2.05) is 30.6 Å². The van der Waals surface area contributed by atoms with Gasteiger partial charge in [-0.3, -0.25) is 0 Å². The molecule has 2 rings (SSSR count). The van der Waals surface area contributed by atoms with Gasteiger partial charge in [-0.2, -0.15) is 0 Å². The van der Waals surface area contributed by atoms with Gasteiger partial charge in [0.05, 0.1) is 10.7 Å². The standard InChI is InChI=1S/C12H12BrClN2OS/c1-15-5-12-16-9(7-18-12)6-17-11-3-2-8(13)4-10(11)14/h2-4,7,15H,5-6H2,1H3. The highest BCUT2D eigenvalue weighted by Gasteiger charge is 2.05. The number of nitrogens with one attached hydrogen (secondary N) is 1. The molecule has 0 radical (unpaired) electrons. The molecule has 0 saturated carbocycles. The summed E-state index contributed by atoms with van der Waals surface area (Å²) in [5.74, 6) is 0.669. The Labute approximate surface area is 123 Å². The number of aromatic nitrogens is 1. The molecule has 1 aromatic heterocycles. The Morgan fingerprint density at radius 2 is 2.33 bits per heavy atom. The first kappa shape index (κ1) is 13.8. The molecule has 0 aliphatic carbocycles. The number of halogens is 2. The quantitative estimate of drug-likeness (QED) is 0.892. The number of hydrogen-bond donors (Lipinski definition) is 1. The zero-order valence-electron chi connectivity index (χ0n) is 9.74. The van der Waals surface area contributed by atoms with Crippen molar-refractivity contribution in [3.05, 3.63) is 43.8 Å². The molecule has 0 saturated heterocycles. The van der Waals surface area contributed by atoms with E-state index in [-0.39, 0.29) is 0 Å². The van der Waals surface area contributed by atoms with Gasteiger partial charge in [-0.15, -0.1) is 11.3 Å². The number of nitrogens with zero attached hydrogens (tertiary/aromatic N) is 1. The van der Waals surface area contributed by atoms with Crippen LogP contribution in [-0.2, 0) is 13.2 Å². The van der Waals surface area contributed by atoms with Gasteiger partial charge < -0.3 is 10.1 Å². The minimum atomic E-state index is 0.432. The van der Waals surface area contributed by atoms with Gasteiger partial charge in [-0.05, 0) is 25.2 Å². The number of benzene rings is 1. The molecule has 0 fully saturated rings. The van der Waals surface area contributed by atoms with Crippen LogP contribution in [0.1, 0.15) is 10.7 Å². The van der Waals surface area contributed by atoms with Gasteiger partial charge in [0.2, 0.25) is 0 Å². The molecule has 0 aliphatic rings. The number of hydrogen-bond acceptors (Lipinski definition) is 4. The molecule has 2 aromatic rings. The number of thiazole rings is 1. The molecule has 0 spiro atoms. The van der Waals surface area contributed by atoms with Crippen molar-refractivity contribution in [2.75, 3.05) is 7.05 Å². The minimum Gasteiger partial charge on any atom is -0.486 e. The summed E-state index contributed by atoms with van der Waals surface area (Å²) >= 11 is 11.0. The van der Waals surface area contributed by atoms with Crippen molar-refractivity contribution >= 4 is 38.9 Å². The van der Waals surface area contributed by atoms with Crippen molar-refractivity contribution in [3.8, 4) is 5.75 Å². The Kier molecular flexibility index (Phi) is 5.00. The van der Waals surface area contributed by atoms with E-state index < -0.39 is 0 Å². The topological polar surface area (TPSA) is 34.2 Å². The smallest absolute Gasteiger partial charge is 0.138 e. The fraction of sp³-hybridized carbons (Fsp3) is 0.250. The summed E-state index contributed by atoms with van der Waals surface area (Å²) in [5.41, 5.74) is 0.921. The Morgan fingerprint density at radius 3 is 3.06 bits per heavy atom. The maximum absolute atomic E-state index is 6.07. The third-order valence-electron chi connectivity index (χ3n) is 2.20. The average molecular weight is 348 g/mol. The predicted octanol–water partition coefficient (Wildman–Crippen LogP) is 3.86. The molecule has 0 aliphatic heterocycles. The second-order valence-electron chi connectivity index (χ2n) is 3.63. The van der Waals surface area contributed by atoms with Crippen molar-refractivity contribution in [1.82, 2.24) is 10.3 Å². The zero-order chi connectivity index (χ0) is 13.0. The van der Waals surface area contributed by atoms with Crippen LogP contribution < -0.4 is 10.1 Å². The average Bonchev–Trinajstić information content (AvgIpc) is 2.76. The highest BCUT2D eigenvalue weighted by atomic mass is 79.9. The van der Waals surface area contributed by atoms with Crippen molar-refractivity contribution in [3.63, 3.8) is 0 Å². The van der Waals surface area contributed by atoms with Crippen LogP contribution in [0.4, 0.5) is 0 Å². The maximum Gasteiger partial charge on any atom is 0.138 e. The Hall–Kier alpha value is -0.620. The van der Waals surface area contributed by atoms with Gasteiger partial charge in [0.1, 0.15) is 17.4 Å². The highest BCUT2D eigenvalue weighted by molar-refractivity contribution is 9.10. The number of ether oxygens (including phenoxy) is 1. The molecule has 96 valence electrons. The SMILES string of the molecule is CNCc1nc(COc2ccc(Br)cc2Cl)cs1. The van der Waals surface area contributed by atoms with Gasteiger partial charge in [-0.25, -0.2) is 4.98 Å². The van der Waals surface area contributed by atoms with Crippen LogP contribution in [0.15, 0.2) is 28.1 Å². The molecule has 1 N–H and O–H groups in total. The van der Waals surface area contributed by atoms with Crippen LogP contribution in [0.2, 0.25) is 5.02 Å². The van der Waals surface area contributed by atoms with Crippen LogP contribution in [0.5, 0.6) is 5.75 Å². The van der Waals surface area contributed by atoms with Gasteiger partial charge in [-0.1, -0.05) is 27.5 Å². The second kappa shape index (κ2) is 6.52. The molecular formula is C12H12BrClN2OS. The van der Waals surface area contributed by atoms with Crippen molar-refractivity contribution < 1.29 is 4.74 Å². The maximum atomic E-state index is 6.07. The Morgan fingerprint density at radius 1 is 1.50 bits per heavy atom. The van der Waals surface area contributed by atoms with Crippen molar-refractivity contribution in [1.29, 1.82) is 0 Å². The number of rotatable bonds is 5. The molecule has 18 heavy (non-hydrogen) atoms. The lowest BCUT2D eigenvalue weighted by Crippen LogP contribution is -2.05. The molecule has 1 heterocycles. The van der Waals surface area contributed by atoms with E-state index in [0.29, 0.717) is 17.4 Å². The highest BCUT2D eigenvalue weighted by Crippen LogP contribution is 2.28. The Bertz CT molecular complexity index is 533. The summed E-state index contributed by atoms with van der Waals surface area (Å²) in [6.07, 6.45) is 0. The Balaban J connectivity index is 1.97. The molecule has 0 unspecified atom stereocenters. The van der Waals surface area contributed by atoms with Crippen LogP contribution >= 0.6 is 38.9 Å². The zero-order valence-corrected chi connectivity index (χ0v) is 12.9. The van der Waals surface area contributed by atoms with Gasteiger partial charge in [0.15, 0.2) is 0 Å². The molecular weight excluding hydrogens is 336 g/mol. The first-order valence-corrected chi connectivity index (χ1v) is 7.40. The fourth-order valence-corrected chi connectivity index (χ4v) is 2.91. The van der Waals surface area contributed by atoms with Gasteiger partial charge in [0, 0.05) is 16.4 Å². The van der Waals surface area contributed by atoms with E-state index in [1.165, 1.54) is 0 Å². The van der Waals surface area contributed by atoms with Crippen LogP contribution in [0.3, 0.4) is 0 Å². The lowest BCUT2D eigenvalue weighted by molar-refractivity contribution is 0.302. The molecule has 6 heteroatoms. The third-order valence-corrected chi connectivity index (χ3v) is 3.88. The van der Waals surface area contributed by atoms with E-state index in [2.05, 4.69) is 26.2 Å².